The molecule has 0 bridgehead atoms. The number of nitrogens with two attached hydrogens (primary N) is 1. The molecule has 15 nitrogen and oxygen atoms in total. The molecule has 20 heteroatoms. The molecular weight excluding hydrogens is 726 g/mol. The number of nitrogens with zero attached hydrogens (tertiary/aromatic N) is 3. The summed E-state index contributed by atoms with van der Waals surface area (Å²) < 4.78 is 1.06. The number of nitrogens with one attached hydrogen (secondary N) is 1. The number of aromatic hydroxyl groups is 2. The highest BCUT2D eigenvalue weighted by molar-refractivity contribution is 9.10. The molecule has 1 saturated heterocycles. The topological polar surface area (TPSA) is 242 Å². The molecule has 5 rings (SSSR count). The van der Waals surface area contributed by atoms with Crippen molar-refractivity contribution in [3.05, 3.63) is 49.2 Å². The van der Waals surface area contributed by atoms with E-state index in [4.69, 9.17) is 15.7 Å². The van der Waals surface area contributed by atoms with Gasteiger partial charge in [0.05, 0.1) is 13.4 Å². The number of carbonyl (C=O) groups is 4. The fourth-order valence-corrected chi connectivity index (χ4v) is 9.11. The summed E-state index contributed by atoms with van der Waals surface area (Å²) >= 11 is 7.74. The Morgan fingerprint density at radius 1 is 1.25 bits per heavy atom. The number of halogens is 1. The summed E-state index contributed by atoms with van der Waals surface area (Å²) in [5.41, 5.74) is 4.98. The number of thiazole rings is 1. The highest BCUT2D eigenvalue weighted by Crippen LogP contribution is 2.44. The van der Waals surface area contributed by atoms with E-state index in [0.717, 1.165) is 27.6 Å². The fourth-order valence-electron chi connectivity index (χ4n) is 4.19. The van der Waals surface area contributed by atoms with Gasteiger partial charge < -0.3 is 36.3 Å². The van der Waals surface area contributed by atoms with Gasteiger partial charge in [0.2, 0.25) is 6.61 Å². The van der Waals surface area contributed by atoms with Gasteiger partial charge in [0.1, 0.15) is 22.8 Å². The van der Waals surface area contributed by atoms with Crippen molar-refractivity contribution in [2.45, 2.75) is 15.6 Å². The lowest BCUT2D eigenvalue weighted by molar-refractivity contribution is -0.150. The quantitative estimate of drug-likeness (QED) is 0.0571. The minimum absolute atomic E-state index is 0.00391. The average Bonchev–Trinajstić information content (AvgIpc) is 3.41. The van der Waals surface area contributed by atoms with E-state index in [1.165, 1.54) is 41.0 Å². The molecule has 2 amide bonds. The smallest absolute Gasteiger partial charge is 0.352 e. The molecule has 2 aliphatic heterocycles. The molecule has 230 valence electrons. The molecule has 7 N–H and O–H groups in total. The van der Waals surface area contributed by atoms with Crippen molar-refractivity contribution in [3.63, 3.8) is 0 Å². The molecule has 0 spiro atoms. The van der Waals surface area contributed by atoms with E-state index in [1.807, 2.05) is 0 Å². The van der Waals surface area contributed by atoms with Gasteiger partial charge in [0.15, 0.2) is 27.8 Å². The average molecular weight is 745 g/mol. The normalized spacial score (nSPS) is 18.2. The Kier molecular flexibility index (Phi) is 9.07. The first-order valence-electron chi connectivity index (χ1n) is 12.0. The van der Waals surface area contributed by atoms with Gasteiger partial charge in [0.25, 0.3) is 11.8 Å². The maximum absolute atomic E-state index is 13.1. The highest BCUT2D eigenvalue weighted by atomic mass is 79.9. The molecule has 2 aromatic heterocycles. The number of aromatic nitrogens is 1. The highest BCUT2D eigenvalue weighted by Gasteiger charge is 2.54. The van der Waals surface area contributed by atoms with Crippen LogP contribution in [-0.2, 0) is 24.0 Å². The minimum Gasteiger partial charge on any atom is -0.504 e. The Labute approximate surface area is 270 Å². The third kappa shape index (κ3) is 6.07. The number of phenols is 2. The van der Waals surface area contributed by atoms with Gasteiger partial charge >= 0.3 is 11.9 Å². The first-order chi connectivity index (χ1) is 20.9. The number of carboxylic acid groups (broad SMARTS) is 2. The molecule has 0 aliphatic carbocycles. The Hall–Kier alpha value is -3.85. The van der Waals surface area contributed by atoms with Gasteiger partial charge in [-0.2, -0.15) is 0 Å². The van der Waals surface area contributed by atoms with Gasteiger partial charge in [0, 0.05) is 28.3 Å². The molecule has 0 saturated carbocycles. The number of fused-ring (bicyclic) bond motifs is 2. The zero-order valence-corrected chi connectivity index (χ0v) is 26.5. The Morgan fingerprint density at radius 2 is 2.00 bits per heavy atom. The van der Waals surface area contributed by atoms with Gasteiger partial charge in [-0.1, -0.05) is 5.16 Å². The van der Waals surface area contributed by atoms with Crippen LogP contribution in [0.1, 0.15) is 5.69 Å². The zero-order valence-electron chi connectivity index (χ0n) is 21.7. The van der Waals surface area contributed by atoms with E-state index in [2.05, 4.69) is 31.4 Å². The number of hydrogen-bond donors (Lipinski definition) is 6. The SMILES string of the molecule is Nc1nc(/C(=N/OCC(=O)O)C(=O)N[C@@H]2C(=O)N3C(C(=O)O)=C(CSc4cc(=O)c5cc(O)c(O)c(Br)c5s4)CS[C@H]23)cs1. The number of nitrogen functional groups attached to an aromatic ring is 1. The van der Waals surface area contributed by atoms with Crippen LogP contribution in [-0.4, -0.2) is 89.3 Å². The number of carbonyl (C=O) groups excluding carboxylic acids is 2. The number of thioether (sulfide) groups is 2. The van der Waals surface area contributed by atoms with Crippen LogP contribution >= 0.6 is 62.1 Å². The predicted octanol–water partition coefficient (Wildman–Crippen LogP) is 1.81. The van der Waals surface area contributed by atoms with Crippen molar-refractivity contribution >= 4 is 107 Å². The fraction of sp³-hybridized carbons (Fsp3) is 0.208. The van der Waals surface area contributed by atoms with Crippen molar-refractivity contribution in [3.8, 4) is 11.5 Å². The third-order valence-electron chi connectivity index (χ3n) is 6.14. The van der Waals surface area contributed by atoms with Crippen molar-refractivity contribution in [2.75, 3.05) is 23.8 Å². The summed E-state index contributed by atoms with van der Waals surface area (Å²) in [6.45, 7) is -0.835. The van der Waals surface area contributed by atoms with Crippen molar-refractivity contribution in [2.24, 2.45) is 5.16 Å². The zero-order chi connectivity index (χ0) is 31.9. The van der Waals surface area contributed by atoms with Crippen LogP contribution < -0.4 is 16.5 Å². The number of rotatable bonds is 10. The number of hydrogen-bond acceptors (Lipinski definition) is 15. The molecule has 1 fully saturated rings. The summed E-state index contributed by atoms with van der Waals surface area (Å²) in [4.78, 5) is 71.7. The number of oxime groups is 1. The number of carboxylic acids is 2. The Bertz CT molecular complexity index is 1860. The minimum atomic E-state index is -1.35. The van der Waals surface area contributed by atoms with Crippen molar-refractivity contribution in [1.82, 2.24) is 15.2 Å². The molecule has 3 aromatic rings. The second-order valence-corrected chi connectivity index (χ2v) is 14.1. The first-order valence-corrected chi connectivity index (χ1v) is 16.5. The maximum atomic E-state index is 13.1. The van der Waals surface area contributed by atoms with E-state index < -0.39 is 64.4 Å². The van der Waals surface area contributed by atoms with Gasteiger partial charge in [-0.15, -0.1) is 46.2 Å². The lowest BCUT2D eigenvalue weighted by Gasteiger charge is -2.49. The van der Waals surface area contributed by atoms with E-state index >= 15 is 0 Å². The number of amides is 2. The lowest BCUT2D eigenvalue weighted by Crippen LogP contribution is -2.71. The molecule has 2 aliphatic rings. The third-order valence-corrected chi connectivity index (χ3v) is 11.6. The number of anilines is 1. The summed E-state index contributed by atoms with van der Waals surface area (Å²) in [6.07, 6.45) is 0. The summed E-state index contributed by atoms with van der Waals surface area (Å²) in [5, 5.41) is 45.7. The number of phenolic OH excluding ortho intramolecular Hbond substituents is 2. The molecule has 1 aromatic carbocycles. The van der Waals surface area contributed by atoms with Gasteiger partial charge in [-0.05, 0) is 27.6 Å². The molecule has 2 atom stereocenters. The summed E-state index contributed by atoms with van der Waals surface area (Å²) in [5.74, 6) is -4.82. The van der Waals surface area contributed by atoms with Crippen LogP contribution in [0.4, 0.5) is 5.13 Å². The van der Waals surface area contributed by atoms with Crippen LogP contribution in [0.5, 0.6) is 11.5 Å². The van der Waals surface area contributed by atoms with Crippen molar-refractivity contribution in [1.29, 1.82) is 0 Å². The van der Waals surface area contributed by atoms with Gasteiger partial charge in [-0.3, -0.25) is 19.3 Å². The van der Waals surface area contributed by atoms with E-state index in [9.17, 15) is 39.3 Å². The monoisotopic (exact) mass is 743 g/mol. The molecule has 0 radical (unpaired) electrons. The largest absolute Gasteiger partial charge is 0.504 e. The maximum Gasteiger partial charge on any atom is 0.352 e. The lowest BCUT2D eigenvalue weighted by atomic mass is 10.0. The first kappa shape index (κ1) is 31.6. The molecular formula is C24H18BrN5O10S4. The molecule has 0 unspecified atom stereocenters. The Morgan fingerprint density at radius 3 is 2.66 bits per heavy atom. The Balaban J connectivity index is 1.34. The van der Waals surface area contributed by atoms with Crippen LogP contribution in [0.3, 0.4) is 0 Å². The standard InChI is InChI=1S/C24H18BrN5O10S4/c25-14-18(35)11(32)1-8-10(31)2-13(44-19(8)14)41-4-7-5-42-22-16(21(37)30(22)17(7)23(38)39)28-20(36)15(29-40-3-12(33)34)9-6-43-24(26)27-9/h1-2,6,16,22,32,35H,3-5H2,(H2,26,27)(H,28,36)(H,33,34)(H,38,39)/b29-15-/t16-,22-/m1/s1. The number of β-lactam (4-membered cyclic amide) rings is 1. The van der Waals surface area contributed by atoms with Crippen LogP contribution in [0, 0.1) is 0 Å². The van der Waals surface area contributed by atoms with E-state index in [0.29, 0.717) is 14.5 Å². The van der Waals surface area contributed by atoms with E-state index in [-0.39, 0.29) is 37.9 Å². The van der Waals surface area contributed by atoms with Crippen LogP contribution in [0.25, 0.3) is 10.1 Å². The second kappa shape index (κ2) is 12.6. The summed E-state index contributed by atoms with van der Waals surface area (Å²) in [7, 11) is 0. The number of benzene rings is 1. The second-order valence-electron chi connectivity index (χ2n) is 8.95. The predicted molar refractivity (Wildman–Crippen MR) is 166 cm³/mol. The van der Waals surface area contributed by atoms with E-state index in [1.54, 1.807) is 0 Å². The van der Waals surface area contributed by atoms with Gasteiger partial charge in [-0.25, -0.2) is 14.6 Å². The molecule has 4 heterocycles. The van der Waals surface area contributed by atoms with Crippen molar-refractivity contribution < 1.29 is 44.4 Å². The van der Waals surface area contributed by atoms with Crippen LogP contribution in [0.2, 0.25) is 0 Å². The molecule has 44 heavy (non-hydrogen) atoms. The summed E-state index contributed by atoms with van der Waals surface area (Å²) in [6, 6.07) is 1.39. The van der Waals surface area contributed by atoms with Crippen LogP contribution in [0.15, 0.2) is 47.4 Å². The number of aliphatic carboxylic acids is 2.